The van der Waals surface area contributed by atoms with Gasteiger partial charge in [-0.25, -0.2) is 0 Å². The summed E-state index contributed by atoms with van der Waals surface area (Å²) in [6.45, 7) is 1.41. The highest BCUT2D eigenvalue weighted by Crippen LogP contribution is 2.07. The summed E-state index contributed by atoms with van der Waals surface area (Å²) < 4.78 is 0. The van der Waals surface area contributed by atoms with Crippen LogP contribution in [0.2, 0.25) is 0 Å². The quantitative estimate of drug-likeness (QED) is 0.567. The molecule has 3 heteroatoms. The van der Waals surface area contributed by atoms with Crippen LogP contribution in [0.15, 0.2) is 0 Å². The van der Waals surface area contributed by atoms with Crippen LogP contribution in [0, 0.1) is 0 Å². The van der Waals surface area contributed by atoms with Crippen LogP contribution in [0.4, 0.5) is 0 Å². The molecule has 0 aliphatic heterocycles. The molecule has 0 amide bonds. The van der Waals surface area contributed by atoms with Crippen LogP contribution in [0.5, 0.6) is 0 Å². The lowest BCUT2D eigenvalue weighted by Gasteiger charge is -2.04. The molecule has 9 heavy (non-hydrogen) atoms. The molecule has 0 aromatic carbocycles. The molecular formula is C6H15ClN2. The molecule has 0 aliphatic carbocycles. The van der Waals surface area contributed by atoms with Crippen molar-refractivity contribution >= 4 is 11.6 Å². The summed E-state index contributed by atoms with van der Waals surface area (Å²) in [5.74, 6) is 0. The van der Waals surface area contributed by atoms with Crippen LogP contribution < -0.4 is 11.5 Å². The lowest BCUT2D eigenvalue weighted by molar-refractivity contribution is 0.661. The second kappa shape index (κ2) is 6.33. The smallest absolute Gasteiger partial charge is 0.0348 e. The minimum absolute atomic E-state index is 0.235. The minimum atomic E-state index is 0.235. The molecule has 0 heterocycles. The van der Waals surface area contributed by atoms with E-state index >= 15 is 0 Å². The summed E-state index contributed by atoms with van der Waals surface area (Å²) >= 11 is 5.82. The third kappa shape index (κ3) is 6.09. The Hall–Kier alpha value is 0.210. The molecule has 0 aliphatic rings. The van der Waals surface area contributed by atoms with Gasteiger partial charge in [-0.1, -0.05) is 0 Å². The van der Waals surface area contributed by atoms with Gasteiger partial charge in [0.05, 0.1) is 0 Å². The fraction of sp³-hybridized carbons (Fsp3) is 1.00. The lowest BCUT2D eigenvalue weighted by atomic mass is 10.2. The van der Waals surface area contributed by atoms with E-state index in [-0.39, 0.29) is 5.38 Å². The zero-order valence-corrected chi connectivity index (χ0v) is 6.40. The number of hydrogen-bond acceptors (Lipinski definition) is 2. The summed E-state index contributed by atoms with van der Waals surface area (Å²) in [5.41, 5.74) is 10.6. The first-order valence-corrected chi connectivity index (χ1v) is 3.79. The second-order valence-corrected chi connectivity index (χ2v) is 2.72. The van der Waals surface area contributed by atoms with Crippen LogP contribution in [0.3, 0.4) is 0 Å². The molecule has 2 nitrogen and oxygen atoms in total. The summed E-state index contributed by atoms with van der Waals surface area (Å²) in [6.07, 6.45) is 2.91. The van der Waals surface area contributed by atoms with Gasteiger partial charge in [0.2, 0.25) is 0 Å². The van der Waals surface area contributed by atoms with Gasteiger partial charge in [-0.05, 0) is 32.4 Å². The maximum Gasteiger partial charge on any atom is 0.0348 e. The fourth-order valence-corrected chi connectivity index (χ4v) is 0.945. The highest BCUT2D eigenvalue weighted by molar-refractivity contribution is 6.20. The molecule has 0 aromatic rings. The van der Waals surface area contributed by atoms with E-state index in [4.69, 9.17) is 23.1 Å². The molecule has 1 unspecified atom stereocenters. The van der Waals surface area contributed by atoms with Crippen molar-refractivity contribution in [3.8, 4) is 0 Å². The normalized spacial score (nSPS) is 13.7. The highest BCUT2D eigenvalue weighted by atomic mass is 35.5. The predicted octanol–water partition coefficient (Wildman–Crippen LogP) is 0.682. The average molecular weight is 151 g/mol. The average Bonchev–Trinajstić information content (AvgIpc) is 1.85. The number of hydrogen-bond donors (Lipinski definition) is 2. The Morgan fingerprint density at radius 2 is 1.78 bits per heavy atom. The van der Waals surface area contributed by atoms with Crippen molar-refractivity contribution in [3.05, 3.63) is 0 Å². The van der Waals surface area contributed by atoms with E-state index in [1.54, 1.807) is 0 Å². The molecule has 0 fully saturated rings. The Morgan fingerprint density at radius 1 is 1.11 bits per heavy atom. The molecule has 0 spiro atoms. The van der Waals surface area contributed by atoms with Crippen molar-refractivity contribution in [1.82, 2.24) is 0 Å². The topological polar surface area (TPSA) is 52.0 Å². The van der Waals surface area contributed by atoms with E-state index in [1.807, 2.05) is 0 Å². The first kappa shape index (κ1) is 9.21. The summed E-state index contributed by atoms with van der Waals surface area (Å²) in [7, 11) is 0. The molecule has 0 radical (unpaired) electrons. The zero-order chi connectivity index (χ0) is 7.11. The maximum absolute atomic E-state index is 5.82. The zero-order valence-electron chi connectivity index (χ0n) is 5.65. The van der Waals surface area contributed by atoms with E-state index in [2.05, 4.69) is 0 Å². The van der Waals surface area contributed by atoms with E-state index in [0.717, 1.165) is 25.8 Å². The van der Waals surface area contributed by atoms with Crippen LogP contribution in [-0.4, -0.2) is 18.5 Å². The van der Waals surface area contributed by atoms with Crippen molar-refractivity contribution in [1.29, 1.82) is 0 Å². The fourth-order valence-electron chi connectivity index (χ4n) is 0.665. The maximum atomic E-state index is 5.82. The first-order valence-electron chi connectivity index (χ1n) is 3.35. The summed E-state index contributed by atoms with van der Waals surface area (Å²) in [5, 5.41) is 0.235. The molecule has 0 saturated carbocycles. The van der Waals surface area contributed by atoms with Gasteiger partial charge in [0.25, 0.3) is 0 Å². The van der Waals surface area contributed by atoms with Crippen LogP contribution in [0.1, 0.15) is 19.3 Å². The molecule has 0 aromatic heterocycles. The molecule has 4 N–H and O–H groups in total. The predicted molar refractivity (Wildman–Crippen MR) is 41.6 cm³/mol. The Bertz CT molecular complexity index is 59.0. The molecule has 56 valence electrons. The van der Waals surface area contributed by atoms with Crippen LogP contribution >= 0.6 is 11.6 Å². The lowest BCUT2D eigenvalue weighted by Crippen LogP contribution is -2.10. The first-order chi connectivity index (χ1) is 4.31. The van der Waals surface area contributed by atoms with Gasteiger partial charge < -0.3 is 11.5 Å². The highest BCUT2D eigenvalue weighted by Gasteiger charge is 2.00. The number of rotatable bonds is 5. The van der Waals surface area contributed by atoms with Gasteiger partial charge in [-0.15, -0.1) is 11.6 Å². The van der Waals surface area contributed by atoms with Crippen molar-refractivity contribution < 1.29 is 0 Å². The molecule has 0 rings (SSSR count). The largest absolute Gasteiger partial charge is 0.330 e. The van der Waals surface area contributed by atoms with Gasteiger partial charge in [0, 0.05) is 5.38 Å². The molecule has 0 saturated heterocycles. The third-order valence-electron chi connectivity index (χ3n) is 1.20. The van der Waals surface area contributed by atoms with Crippen LogP contribution in [0.25, 0.3) is 0 Å². The van der Waals surface area contributed by atoms with Crippen molar-refractivity contribution in [2.75, 3.05) is 13.1 Å². The van der Waals surface area contributed by atoms with Gasteiger partial charge in [-0.3, -0.25) is 0 Å². The van der Waals surface area contributed by atoms with Crippen molar-refractivity contribution in [2.24, 2.45) is 11.5 Å². The van der Waals surface area contributed by atoms with E-state index in [1.165, 1.54) is 0 Å². The van der Waals surface area contributed by atoms with Gasteiger partial charge in [-0.2, -0.15) is 0 Å². The van der Waals surface area contributed by atoms with Crippen LogP contribution in [-0.2, 0) is 0 Å². The Kier molecular flexibility index (Phi) is 6.48. The SMILES string of the molecule is NCCCC(Cl)CCN. The summed E-state index contributed by atoms with van der Waals surface area (Å²) in [6, 6.07) is 0. The Labute approximate surface area is 61.5 Å². The van der Waals surface area contributed by atoms with Crippen molar-refractivity contribution in [3.63, 3.8) is 0 Å². The van der Waals surface area contributed by atoms with E-state index in [0.29, 0.717) is 6.54 Å². The standard InChI is InChI=1S/C6H15ClN2/c7-6(3-5-9)2-1-4-8/h6H,1-5,8-9H2. The molecule has 0 bridgehead atoms. The van der Waals surface area contributed by atoms with Crippen molar-refractivity contribution in [2.45, 2.75) is 24.6 Å². The molecule has 1 atom stereocenters. The van der Waals surface area contributed by atoms with Gasteiger partial charge >= 0.3 is 0 Å². The van der Waals surface area contributed by atoms with Gasteiger partial charge in [0.15, 0.2) is 0 Å². The third-order valence-corrected chi connectivity index (χ3v) is 1.64. The molecular weight excluding hydrogens is 136 g/mol. The number of alkyl halides is 1. The number of nitrogens with two attached hydrogens (primary N) is 2. The van der Waals surface area contributed by atoms with E-state index < -0.39 is 0 Å². The Morgan fingerprint density at radius 3 is 2.22 bits per heavy atom. The minimum Gasteiger partial charge on any atom is -0.330 e. The van der Waals surface area contributed by atoms with Gasteiger partial charge in [0.1, 0.15) is 0 Å². The van der Waals surface area contributed by atoms with E-state index in [9.17, 15) is 0 Å². The Balaban J connectivity index is 2.95. The summed E-state index contributed by atoms with van der Waals surface area (Å²) in [4.78, 5) is 0. The second-order valence-electron chi connectivity index (χ2n) is 2.11. The number of halogens is 1. The monoisotopic (exact) mass is 150 g/mol.